The Balaban J connectivity index is 1.86. The zero-order valence-corrected chi connectivity index (χ0v) is 12.2. The van der Waals surface area contributed by atoms with Gasteiger partial charge in [0.25, 0.3) is 0 Å². The van der Waals surface area contributed by atoms with E-state index in [1.807, 2.05) is 30.3 Å². The summed E-state index contributed by atoms with van der Waals surface area (Å²) in [7, 11) is 1.35. The molecule has 0 aliphatic heterocycles. The molecule has 2 rings (SSSR count). The van der Waals surface area contributed by atoms with Crippen molar-refractivity contribution in [3.63, 3.8) is 0 Å². The number of rotatable bonds is 6. The molecule has 1 amide bonds. The minimum atomic E-state index is -0.282. The van der Waals surface area contributed by atoms with E-state index < -0.39 is 0 Å². The second kappa shape index (κ2) is 7.83. The van der Waals surface area contributed by atoms with Gasteiger partial charge in [-0.1, -0.05) is 18.2 Å². The highest BCUT2D eigenvalue weighted by atomic mass is 16.5. The molecule has 5 nitrogen and oxygen atoms in total. The number of furan rings is 1. The Bertz CT molecular complexity index is 658. The van der Waals surface area contributed by atoms with Crippen molar-refractivity contribution in [2.45, 2.75) is 12.8 Å². The molecule has 114 valence electrons. The minimum Gasteiger partial charge on any atom is -0.469 e. The quantitative estimate of drug-likeness (QED) is 0.657. The van der Waals surface area contributed by atoms with Crippen LogP contribution in [0.2, 0.25) is 0 Å². The Morgan fingerprint density at radius 1 is 1.18 bits per heavy atom. The molecule has 22 heavy (non-hydrogen) atoms. The summed E-state index contributed by atoms with van der Waals surface area (Å²) in [5.74, 6) is 0.714. The molecular formula is C17H17NO4. The van der Waals surface area contributed by atoms with Crippen LogP contribution in [0.1, 0.15) is 17.9 Å². The van der Waals surface area contributed by atoms with E-state index in [9.17, 15) is 9.59 Å². The molecule has 5 heteroatoms. The number of anilines is 1. The summed E-state index contributed by atoms with van der Waals surface area (Å²) in [6.07, 6.45) is 3.72. The van der Waals surface area contributed by atoms with Crippen molar-refractivity contribution in [1.82, 2.24) is 0 Å². The van der Waals surface area contributed by atoms with Crippen molar-refractivity contribution >= 4 is 23.6 Å². The fourth-order valence-corrected chi connectivity index (χ4v) is 1.81. The van der Waals surface area contributed by atoms with Crippen molar-refractivity contribution in [3.8, 4) is 0 Å². The summed E-state index contributed by atoms with van der Waals surface area (Å²) in [5, 5.41) is 2.74. The van der Waals surface area contributed by atoms with Crippen LogP contribution in [-0.4, -0.2) is 19.0 Å². The van der Waals surface area contributed by atoms with Gasteiger partial charge in [-0.05, 0) is 30.3 Å². The van der Waals surface area contributed by atoms with Crippen LogP contribution < -0.4 is 5.32 Å². The lowest BCUT2D eigenvalue weighted by molar-refractivity contribution is -0.140. The van der Waals surface area contributed by atoms with Crippen molar-refractivity contribution in [2.75, 3.05) is 12.4 Å². The number of benzene rings is 1. The zero-order valence-electron chi connectivity index (χ0n) is 12.2. The van der Waals surface area contributed by atoms with Gasteiger partial charge in [-0.3, -0.25) is 9.59 Å². The molecule has 0 spiro atoms. The summed E-state index contributed by atoms with van der Waals surface area (Å²) >= 11 is 0. The largest absolute Gasteiger partial charge is 0.469 e. The maximum Gasteiger partial charge on any atom is 0.305 e. The van der Waals surface area contributed by atoms with E-state index in [1.54, 1.807) is 18.2 Å². The first-order chi connectivity index (χ1) is 10.7. The first kappa shape index (κ1) is 15.6. The number of amides is 1. The number of esters is 1. The number of hydrogen-bond acceptors (Lipinski definition) is 4. The van der Waals surface area contributed by atoms with E-state index >= 15 is 0 Å². The van der Waals surface area contributed by atoms with Gasteiger partial charge in [0.15, 0.2) is 0 Å². The van der Waals surface area contributed by atoms with Crippen molar-refractivity contribution in [3.05, 3.63) is 60.1 Å². The highest BCUT2D eigenvalue weighted by Gasteiger charge is 2.05. The molecule has 0 atom stereocenters. The van der Waals surface area contributed by atoms with Crippen LogP contribution in [0.15, 0.2) is 53.0 Å². The Morgan fingerprint density at radius 2 is 1.95 bits per heavy atom. The molecule has 0 unspecified atom stereocenters. The van der Waals surface area contributed by atoms with Crippen molar-refractivity contribution in [1.29, 1.82) is 0 Å². The molecule has 0 bridgehead atoms. The molecule has 1 aromatic carbocycles. The van der Waals surface area contributed by atoms with Gasteiger partial charge in [0, 0.05) is 18.2 Å². The van der Waals surface area contributed by atoms with Gasteiger partial charge < -0.3 is 14.5 Å². The SMILES string of the molecule is COC(=O)CCc1ccc(/C=C/C(=O)Nc2ccccc2)o1. The molecule has 0 radical (unpaired) electrons. The number of methoxy groups -OCH3 is 1. The Morgan fingerprint density at radius 3 is 2.68 bits per heavy atom. The molecule has 0 saturated carbocycles. The van der Waals surface area contributed by atoms with Crippen LogP contribution in [-0.2, 0) is 20.7 Å². The number of carbonyl (C=O) groups excluding carboxylic acids is 2. The predicted molar refractivity (Wildman–Crippen MR) is 83.2 cm³/mol. The molecule has 1 heterocycles. The van der Waals surface area contributed by atoms with E-state index in [-0.39, 0.29) is 18.3 Å². The molecular weight excluding hydrogens is 282 g/mol. The third-order valence-corrected chi connectivity index (χ3v) is 2.93. The van der Waals surface area contributed by atoms with Crippen LogP contribution in [0.4, 0.5) is 5.69 Å². The molecule has 0 saturated heterocycles. The van der Waals surface area contributed by atoms with E-state index in [2.05, 4.69) is 10.1 Å². The first-order valence-electron chi connectivity index (χ1n) is 6.87. The highest BCUT2D eigenvalue weighted by molar-refractivity contribution is 6.01. The van der Waals surface area contributed by atoms with Gasteiger partial charge in [-0.15, -0.1) is 0 Å². The third kappa shape index (κ3) is 4.94. The molecule has 2 aromatic rings. The van der Waals surface area contributed by atoms with Gasteiger partial charge in [-0.2, -0.15) is 0 Å². The lowest BCUT2D eigenvalue weighted by atomic mass is 10.2. The fraction of sp³-hybridized carbons (Fsp3) is 0.176. The van der Waals surface area contributed by atoms with Crippen molar-refractivity contribution in [2.24, 2.45) is 0 Å². The third-order valence-electron chi connectivity index (χ3n) is 2.93. The lowest BCUT2D eigenvalue weighted by Gasteiger charge is -2.00. The summed E-state index contributed by atoms with van der Waals surface area (Å²) in [5.41, 5.74) is 0.732. The van der Waals surface area contributed by atoms with Gasteiger partial charge in [-0.25, -0.2) is 0 Å². The number of nitrogens with one attached hydrogen (secondary N) is 1. The molecule has 0 aliphatic carbocycles. The van der Waals surface area contributed by atoms with Crippen LogP contribution in [0, 0.1) is 0 Å². The Labute approximate surface area is 128 Å². The maximum atomic E-state index is 11.7. The van der Waals surface area contributed by atoms with Crippen LogP contribution in [0.5, 0.6) is 0 Å². The Kier molecular flexibility index (Phi) is 5.54. The van der Waals surface area contributed by atoms with E-state index in [0.717, 1.165) is 5.69 Å². The lowest BCUT2D eigenvalue weighted by Crippen LogP contribution is -2.07. The number of aryl methyl sites for hydroxylation is 1. The van der Waals surface area contributed by atoms with Gasteiger partial charge >= 0.3 is 5.97 Å². The summed E-state index contributed by atoms with van der Waals surface area (Å²) in [6, 6.07) is 12.7. The topological polar surface area (TPSA) is 68.5 Å². The average molecular weight is 299 g/mol. The van der Waals surface area contributed by atoms with Gasteiger partial charge in [0.1, 0.15) is 11.5 Å². The monoisotopic (exact) mass is 299 g/mol. The standard InChI is InChI=1S/C17H17NO4/c1-21-17(20)12-10-15-8-7-14(22-15)9-11-16(19)18-13-5-3-2-4-6-13/h2-9,11H,10,12H2,1H3,(H,18,19)/b11-9+. The van der Waals surface area contributed by atoms with E-state index in [1.165, 1.54) is 13.2 Å². The summed E-state index contributed by atoms with van der Waals surface area (Å²) in [4.78, 5) is 22.8. The molecule has 1 N–H and O–H groups in total. The second-order valence-corrected chi connectivity index (χ2v) is 4.57. The number of para-hydroxylation sites is 1. The van der Waals surface area contributed by atoms with Gasteiger partial charge in [0.05, 0.1) is 13.5 Å². The predicted octanol–water partition coefficient (Wildman–Crippen LogP) is 3.04. The van der Waals surface area contributed by atoms with Crippen LogP contribution >= 0.6 is 0 Å². The highest BCUT2D eigenvalue weighted by Crippen LogP contribution is 2.12. The van der Waals surface area contributed by atoms with Crippen LogP contribution in [0.25, 0.3) is 6.08 Å². The first-order valence-corrected chi connectivity index (χ1v) is 6.87. The van der Waals surface area contributed by atoms with Crippen molar-refractivity contribution < 1.29 is 18.7 Å². The van der Waals surface area contributed by atoms with E-state index in [4.69, 9.17) is 4.42 Å². The smallest absolute Gasteiger partial charge is 0.305 e. The zero-order chi connectivity index (χ0) is 15.8. The molecule has 0 aliphatic rings. The Hall–Kier alpha value is -2.82. The van der Waals surface area contributed by atoms with Gasteiger partial charge in [0.2, 0.25) is 5.91 Å². The minimum absolute atomic E-state index is 0.237. The molecule has 0 fully saturated rings. The van der Waals surface area contributed by atoms with Crippen LogP contribution in [0.3, 0.4) is 0 Å². The number of hydrogen-bond donors (Lipinski definition) is 1. The summed E-state index contributed by atoms with van der Waals surface area (Å²) < 4.78 is 10.1. The normalized spacial score (nSPS) is 10.6. The number of carbonyl (C=O) groups is 2. The van der Waals surface area contributed by atoms with E-state index in [0.29, 0.717) is 17.9 Å². The number of ether oxygens (including phenoxy) is 1. The average Bonchev–Trinajstić information content (AvgIpc) is 2.99. The maximum absolute atomic E-state index is 11.7. The molecule has 1 aromatic heterocycles. The fourth-order valence-electron chi connectivity index (χ4n) is 1.81. The second-order valence-electron chi connectivity index (χ2n) is 4.57. The summed E-state index contributed by atoms with van der Waals surface area (Å²) in [6.45, 7) is 0.